The van der Waals surface area contributed by atoms with Gasteiger partial charge in [-0.25, -0.2) is 9.36 Å². The van der Waals surface area contributed by atoms with Gasteiger partial charge >= 0.3 is 6.09 Å². The van der Waals surface area contributed by atoms with E-state index in [2.05, 4.69) is 0 Å². The first kappa shape index (κ1) is 15.3. The monoisotopic (exact) mass is 261 g/mol. The minimum atomic E-state index is -0.477. The second kappa shape index (κ2) is 5.91. The van der Waals surface area contributed by atoms with Crippen LogP contribution in [0.2, 0.25) is 0 Å². The van der Waals surface area contributed by atoms with Crippen LogP contribution < -0.4 is 0 Å². The summed E-state index contributed by atoms with van der Waals surface area (Å²) in [5.41, 5.74) is 1.30. The van der Waals surface area contributed by atoms with Crippen LogP contribution in [-0.4, -0.2) is 16.3 Å². The van der Waals surface area contributed by atoms with Gasteiger partial charge in [0.1, 0.15) is 5.60 Å². The van der Waals surface area contributed by atoms with Gasteiger partial charge in [-0.3, -0.25) is 0 Å². The van der Waals surface area contributed by atoms with Crippen LogP contribution in [0.1, 0.15) is 40.3 Å². The summed E-state index contributed by atoms with van der Waals surface area (Å²) >= 11 is 0. The van der Waals surface area contributed by atoms with Gasteiger partial charge in [-0.1, -0.05) is 32.0 Å². The Morgan fingerprint density at radius 1 is 1.16 bits per heavy atom. The Balaban J connectivity index is 0.000000861. The zero-order valence-corrected chi connectivity index (χ0v) is 12.7. The van der Waals surface area contributed by atoms with E-state index in [0.29, 0.717) is 0 Å². The lowest BCUT2D eigenvalue weighted by Gasteiger charge is -2.20. The molecule has 0 amide bonds. The SMILES string of the molecule is CC.Cc1cc2ccccc2n1C(=O)OC(C)(C)C. The third-order valence-electron chi connectivity index (χ3n) is 2.47. The summed E-state index contributed by atoms with van der Waals surface area (Å²) in [6.45, 7) is 11.5. The highest BCUT2D eigenvalue weighted by Crippen LogP contribution is 2.20. The number of rotatable bonds is 0. The molecule has 0 unspecified atom stereocenters. The lowest BCUT2D eigenvalue weighted by atomic mass is 10.2. The van der Waals surface area contributed by atoms with Crippen molar-refractivity contribution in [2.75, 3.05) is 0 Å². The van der Waals surface area contributed by atoms with E-state index in [-0.39, 0.29) is 6.09 Å². The van der Waals surface area contributed by atoms with E-state index in [1.54, 1.807) is 4.57 Å². The molecule has 19 heavy (non-hydrogen) atoms. The van der Waals surface area contributed by atoms with Crippen molar-refractivity contribution < 1.29 is 9.53 Å². The molecule has 2 aromatic rings. The van der Waals surface area contributed by atoms with Gasteiger partial charge in [0.25, 0.3) is 0 Å². The van der Waals surface area contributed by atoms with Crippen LogP contribution in [-0.2, 0) is 4.74 Å². The molecule has 0 N–H and O–H groups in total. The second-order valence-electron chi connectivity index (χ2n) is 5.16. The van der Waals surface area contributed by atoms with Crippen LogP contribution in [0.4, 0.5) is 4.79 Å². The normalized spacial score (nSPS) is 10.8. The van der Waals surface area contributed by atoms with Gasteiger partial charge in [-0.2, -0.15) is 0 Å². The minimum Gasteiger partial charge on any atom is -0.443 e. The van der Waals surface area contributed by atoms with Gasteiger partial charge < -0.3 is 4.74 Å². The molecule has 0 bridgehead atoms. The number of carbonyl (C=O) groups excluding carboxylic acids is 1. The van der Waals surface area contributed by atoms with Gasteiger partial charge in [0, 0.05) is 11.1 Å². The summed E-state index contributed by atoms with van der Waals surface area (Å²) in [5, 5.41) is 1.05. The van der Waals surface area contributed by atoms with Gasteiger partial charge in [-0.05, 0) is 39.8 Å². The smallest absolute Gasteiger partial charge is 0.419 e. The van der Waals surface area contributed by atoms with Gasteiger partial charge in [0.2, 0.25) is 0 Å². The lowest BCUT2D eigenvalue weighted by molar-refractivity contribution is 0.0542. The number of aromatic nitrogens is 1. The predicted octanol–water partition coefficient (Wildman–Crippen LogP) is 4.76. The van der Waals surface area contributed by atoms with E-state index in [4.69, 9.17) is 4.74 Å². The first-order valence-electron chi connectivity index (χ1n) is 6.69. The summed E-state index contributed by atoms with van der Waals surface area (Å²) in [6, 6.07) is 9.78. The van der Waals surface area contributed by atoms with E-state index < -0.39 is 5.60 Å². The summed E-state index contributed by atoms with van der Waals surface area (Å²) < 4.78 is 7.01. The number of hydrogen-bond donors (Lipinski definition) is 0. The Kier molecular flexibility index (Phi) is 4.76. The Hall–Kier alpha value is -1.77. The largest absolute Gasteiger partial charge is 0.443 e. The third-order valence-corrected chi connectivity index (χ3v) is 2.47. The molecule has 0 saturated carbocycles. The average Bonchev–Trinajstić information content (AvgIpc) is 2.65. The maximum atomic E-state index is 12.1. The van der Waals surface area contributed by atoms with Gasteiger partial charge in [0.05, 0.1) is 5.52 Å². The quantitative estimate of drug-likeness (QED) is 0.684. The molecule has 3 heteroatoms. The van der Waals surface area contributed by atoms with Crippen LogP contribution >= 0.6 is 0 Å². The van der Waals surface area contributed by atoms with Crippen molar-refractivity contribution in [1.29, 1.82) is 0 Å². The molecule has 0 fully saturated rings. The van der Waals surface area contributed by atoms with Crippen molar-refractivity contribution in [3.8, 4) is 0 Å². The summed E-state index contributed by atoms with van der Waals surface area (Å²) in [5.74, 6) is 0. The predicted molar refractivity (Wildman–Crippen MR) is 79.7 cm³/mol. The molecule has 0 aliphatic carbocycles. The Morgan fingerprint density at radius 2 is 1.74 bits per heavy atom. The van der Waals surface area contributed by atoms with Crippen molar-refractivity contribution in [2.45, 2.75) is 47.1 Å². The number of nitrogens with zero attached hydrogens (tertiary/aromatic N) is 1. The van der Waals surface area contributed by atoms with Crippen LogP contribution in [0.5, 0.6) is 0 Å². The zero-order chi connectivity index (χ0) is 14.6. The van der Waals surface area contributed by atoms with Crippen LogP contribution in [0.3, 0.4) is 0 Å². The maximum Gasteiger partial charge on any atom is 0.419 e. The number of carbonyl (C=O) groups is 1. The highest BCUT2D eigenvalue weighted by atomic mass is 16.6. The Morgan fingerprint density at radius 3 is 2.32 bits per heavy atom. The van der Waals surface area contributed by atoms with E-state index in [1.807, 2.05) is 71.9 Å². The minimum absolute atomic E-state index is 0.323. The van der Waals surface area contributed by atoms with Crippen LogP contribution in [0.25, 0.3) is 10.9 Å². The lowest BCUT2D eigenvalue weighted by Crippen LogP contribution is -2.27. The fourth-order valence-electron chi connectivity index (χ4n) is 1.84. The summed E-state index contributed by atoms with van der Waals surface area (Å²) in [6.07, 6.45) is -0.323. The van der Waals surface area contributed by atoms with E-state index in [0.717, 1.165) is 16.6 Å². The molecule has 0 aliphatic heterocycles. The van der Waals surface area contributed by atoms with Crippen molar-refractivity contribution >= 4 is 17.0 Å². The van der Waals surface area contributed by atoms with E-state index in [9.17, 15) is 4.79 Å². The van der Waals surface area contributed by atoms with Gasteiger partial charge in [0.15, 0.2) is 0 Å². The molecule has 1 aromatic heterocycles. The second-order valence-corrected chi connectivity index (χ2v) is 5.16. The maximum absolute atomic E-state index is 12.1. The first-order valence-corrected chi connectivity index (χ1v) is 6.69. The van der Waals surface area contributed by atoms with E-state index in [1.165, 1.54) is 0 Å². The summed E-state index contributed by atoms with van der Waals surface area (Å²) in [7, 11) is 0. The summed E-state index contributed by atoms with van der Waals surface area (Å²) in [4.78, 5) is 12.1. The Labute approximate surface area is 115 Å². The molecule has 0 radical (unpaired) electrons. The molecular formula is C16H23NO2. The topological polar surface area (TPSA) is 31.2 Å². The first-order chi connectivity index (χ1) is 8.88. The number of ether oxygens (including phenoxy) is 1. The number of hydrogen-bond acceptors (Lipinski definition) is 2. The number of aryl methyl sites for hydroxylation is 1. The fraction of sp³-hybridized carbons (Fsp3) is 0.438. The number of benzene rings is 1. The van der Waals surface area contributed by atoms with Crippen molar-refractivity contribution in [2.24, 2.45) is 0 Å². The number of fused-ring (bicyclic) bond motifs is 1. The van der Waals surface area contributed by atoms with Crippen LogP contribution in [0.15, 0.2) is 30.3 Å². The average molecular weight is 261 g/mol. The highest BCUT2D eigenvalue weighted by Gasteiger charge is 2.20. The molecule has 0 aliphatic rings. The van der Waals surface area contributed by atoms with E-state index >= 15 is 0 Å². The molecular weight excluding hydrogens is 238 g/mol. The Bertz CT molecular complexity index is 562. The third kappa shape index (κ3) is 3.60. The molecule has 1 aromatic carbocycles. The molecule has 0 saturated heterocycles. The zero-order valence-electron chi connectivity index (χ0n) is 12.7. The standard InChI is InChI=1S/C14H17NO2.C2H6/c1-10-9-11-7-5-6-8-12(11)15(10)13(16)17-14(2,3)4;1-2/h5-9H,1-4H3;1-2H3. The highest BCUT2D eigenvalue weighted by molar-refractivity contribution is 5.90. The van der Waals surface area contributed by atoms with Crippen molar-refractivity contribution in [3.63, 3.8) is 0 Å². The van der Waals surface area contributed by atoms with Gasteiger partial charge in [-0.15, -0.1) is 0 Å². The molecule has 1 heterocycles. The molecule has 2 rings (SSSR count). The molecule has 104 valence electrons. The molecule has 0 atom stereocenters. The fourth-order valence-corrected chi connectivity index (χ4v) is 1.84. The molecule has 3 nitrogen and oxygen atoms in total. The van der Waals surface area contributed by atoms with Crippen molar-refractivity contribution in [1.82, 2.24) is 4.57 Å². The van der Waals surface area contributed by atoms with Crippen LogP contribution in [0, 0.1) is 6.92 Å². The molecule has 0 spiro atoms. The number of para-hydroxylation sites is 1. The van der Waals surface area contributed by atoms with Crippen molar-refractivity contribution in [3.05, 3.63) is 36.0 Å².